The summed E-state index contributed by atoms with van der Waals surface area (Å²) in [5.41, 5.74) is 2.17. The molecule has 0 aliphatic rings. The van der Waals surface area contributed by atoms with Crippen molar-refractivity contribution in [2.24, 2.45) is 0 Å². The number of methoxy groups -OCH3 is 1. The average molecular weight is 259 g/mol. The molecule has 78 valence electrons. The maximum Gasteiger partial charge on any atom is 0.136 e. The molecule has 2 nitrogen and oxygen atoms in total. The summed E-state index contributed by atoms with van der Waals surface area (Å²) in [6.07, 6.45) is 0. The fraction of sp³-hybridized carbons (Fsp3) is 0.455. The lowest BCUT2D eigenvalue weighted by molar-refractivity contribution is 0.269. The van der Waals surface area contributed by atoms with Gasteiger partial charge in [0.2, 0.25) is 0 Å². The van der Waals surface area contributed by atoms with Crippen molar-refractivity contribution in [3.8, 4) is 5.75 Å². The van der Waals surface area contributed by atoms with Gasteiger partial charge in [0, 0.05) is 18.1 Å². The Morgan fingerprint density at radius 2 is 2.14 bits per heavy atom. The van der Waals surface area contributed by atoms with Crippen LogP contribution in [0.2, 0.25) is 0 Å². The monoisotopic (exact) mass is 258 g/mol. The van der Waals surface area contributed by atoms with Crippen molar-refractivity contribution in [1.82, 2.24) is 0 Å². The van der Waals surface area contributed by atoms with E-state index in [2.05, 4.69) is 15.9 Å². The maximum absolute atomic E-state index is 9.10. The van der Waals surface area contributed by atoms with Crippen molar-refractivity contribution in [3.05, 3.63) is 27.7 Å². The summed E-state index contributed by atoms with van der Waals surface area (Å²) >= 11 is 3.48. The van der Waals surface area contributed by atoms with E-state index >= 15 is 0 Å². The molecule has 1 rings (SSSR count). The quantitative estimate of drug-likeness (QED) is 0.904. The third-order valence-corrected chi connectivity index (χ3v) is 3.32. The van der Waals surface area contributed by atoms with E-state index in [-0.39, 0.29) is 12.5 Å². The van der Waals surface area contributed by atoms with Crippen molar-refractivity contribution in [2.75, 3.05) is 13.7 Å². The summed E-state index contributed by atoms with van der Waals surface area (Å²) in [5, 5.41) is 9.10. The summed E-state index contributed by atoms with van der Waals surface area (Å²) < 4.78 is 6.29. The third kappa shape index (κ3) is 2.10. The van der Waals surface area contributed by atoms with E-state index < -0.39 is 0 Å². The number of aryl methyl sites for hydroxylation is 1. The van der Waals surface area contributed by atoms with Crippen molar-refractivity contribution in [2.45, 2.75) is 19.8 Å². The second-order valence-corrected chi connectivity index (χ2v) is 4.20. The number of halogens is 1. The summed E-state index contributed by atoms with van der Waals surface area (Å²) in [6.45, 7) is 4.12. The highest BCUT2D eigenvalue weighted by atomic mass is 79.9. The third-order valence-electron chi connectivity index (χ3n) is 2.33. The second-order valence-electron chi connectivity index (χ2n) is 3.40. The molecule has 1 aromatic carbocycles. The predicted molar refractivity (Wildman–Crippen MR) is 60.9 cm³/mol. The lowest BCUT2D eigenvalue weighted by Gasteiger charge is -2.16. The molecule has 1 unspecified atom stereocenters. The molecule has 1 N–H and O–H groups in total. The largest absolute Gasteiger partial charge is 0.495 e. The molecule has 3 heteroatoms. The SMILES string of the molecule is COc1c(C(C)CO)ccc(C)c1Br. The molecule has 0 aliphatic carbocycles. The Labute approximate surface area is 93.0 Å². The Morgan fingerprint density at radius 3 is 2.64 bits per heavy atom. The fourth-order valence-corrected chi connectivity index (χ4v) is 1.89. The van der Waals surface area contributed by atoms with Gasteiger partial charge >= 0.3 is 0 Å². The fourth-order valence-electron chi connectivity index (χ4n) is 1.36. The first-order valence-corrected chi connectivity index (χ1v) is 5.35. The van der Waals surface area contributed by atoms with Gasteiger partial charge in [0.25, 0.3) is 0 Å². The van der Waals surface area contributed by atoms with Crippen LogP contribution in [0.3, 0.4) is 0 Å². The number of aliphatic hydroxyl groups excluding tert-OH is 1. The van der Waals surface area contributed by atoms with Crippen molar-refractivity contribution in [1.29, 1.82) is 0 Å². The molecule has 1 aromatic rings. The maximum atomic E-state index is 9.10. The van der Waals surface area contributed by atoms with E-state index in [1.807, 2.05) is 26.0 Å². The van der Waals surface area contributed by atoms with E-state index in [9.17, 15) is 0 Å². The van der Waals surface area contributed by atoms with E-state index in [0.29, 0.717) is 0 Å². The molecule has 1 atom stereocenters. The zero-order chi connectivity index (χ0) is 10.7. The second kappa shape index (κ2) is 4.80. The average Bonchev–Trinajstić information content (AvgIpc) is 2.20. The van der Waals surface area contributed by atoms with Gasteiger partial charge in [-0.1, -0.05) is 19.1 Å². The molecular formula is C11H15BrO2. The number of hydrogen-bond acceptors (Lipinski definition) is 2. The first-order valence-electron chi connectivity index (χ1n) is 4.55. The highest BCUT2D eigenvalue weighted by molar-refractivity contribution is 9.10. The molecule has 0 heterocycles. The van der Waals surface area contributed by atoms with Crippen LogP contribution >= 0.6 is 15.9 Å². The highest BCUT2D eigenvalue weighted by Gasteiger charge is 2.14. The van der Waals surface area contributed by atoms with Crippen molar-refractivity contribution >= 4 is 15.9 Å². The molecule has 0 fully saturated rings. The van der Waals surface area contributed by atoms with Crippen LogP contribution in [-0.2, 0) is 0 Å². The van der Waals surface area contributed by atoms with Gasteiger partial charge < -0.3 is 9.84 Å². The summed E-state index contributed by atoms with van der Waals surface area (Å²) in [7, 11) is 1.65. The molecule has 0 saturated heterocycles. The van der Waals surface area contributed by atoms with Gasteiger partial charge in [-0.2, -0.15) is 0 Å². The van der Waals surface area contributed by atoms with Crippen molar-refractivity contribution in [3.63, 3.8) is 0 Å². The number of benzene rings is 1. The predicted octanol–water partition coefficient (Wildman–Crippen LogP) is 2.86. The standard InChI is InChI=1S/C11H15BrO2/c1-7-4-5-9(8(2)6-13)11(14-3)10(7)12/h4-5,8,13H,6H2,1-3H3. The van der Waals surface area contributed by atoms with E-state index in [1.54, 1.807) is 7.11 Å². The zero-order valence-electron chi connectivity index (χ0n) is 8.67. The first-order chi connectivity index (χ1) is 6.61. The summed E-state index contributed by atoms with van der Waals surface area (Å²) in [5.74, 6) is 0.924. The normalized spacial score (nSPS) is 12.6. The molecule has 14 heavy (non-hydrogen) atoms. The van der Waals surface area contributed by atoms with Crippen molar-refractivity contribution < 1.29 is 9.84 Å². The van der Waals surface area contributed by atoms with Gasteiger partial charge in [-0.05, 0) is 28.4 Å². The van der Waals surface area contributed by atoms with E-state index in [4.69, 9.17) is 9.84 Å². The molecule has 0 bridgehead atoms. The summed E-state index contributed by atoms with van der Waals surface area (Å²) in [6, 6.07) is 4.02. The first kappa shape index (κ1) is 11.5. The molecule has 0 saturated carbocycles. The Morgan fingerprint density at radius 1 is 1.50 bits per heavy atom. The molecular weight excluding hydrogens is 244 g/mol. The van der Waals surface area contributed by atoms with Gasteiger partial charge in [-0.3, -0.25) is 0 Å². The van der Waals surface area contributed by atoms with Crippen LogP contribution < -0.4 is 4.74 Å². The van der Waals surface area contributed by atoms with Crippen LogP contribution in [-0.4, -0.2) is 18.8 Å². The van der Waals surface area contributed by atoms with Crippen LogP contribution in [0.1, 0.15) is 24.0 Å². The van der Waals surface area contributed by atoms with Gasteiger partial charge in [0.05, 0.1) is 11.6 Å². The molecule has 0 spiro atoms. The Hall–Kier alpha value is -0.540. The van der Waals surface area contributed by atoms with Gasteiger partial charge in [0.1, 0.15) is 5.75 Å². The number of ether oxygens (including phenoxy) is 1. The lowest BCUT2D eigenvalue weighted by Crippen LogP contribution is -2.02. The van der Waals surface area contributed by atoms with E-state index in [0.717, 1.165) is 21.3 Å². The smallest absolute Gasteiger partial charge is 0.136 e. The van der Waals surface area contributed by atoms with Gasteiger partial charge in [0.15, 0.2) is 0 Å². The number of hydrogen-bond donors (Lipinski definition) is 1. The minimum Gasteiger partial charge on any atom is -0.495 e. The molecule has 0 amide bonds. The highest BCUT2D eigenvalue weighted by Crippen LogP contribution is 2.35. The van der Waals surface area contributed by atoms with E-state index in [1.165, 1.54) is 0 Å². The number of rotatable bonds is 3. The van der Waals surface area contributed by atoms with Gasteiger partial charge in [-0.15, -0.1) is 0 Å². The zero-order valence-corrected chi connectivity index (χ0v) is 10.3. The van der Waals surface area contributed by atoms with Crippen LogP contribution in [0.4, 0.5) is 0 Å². The Kier molecular flexibility index (Phi) is 3.96. The molecule has 0 aliphatic heterocycles. The topological polar surface area (TPSA) is 29.5 Å². The minimum atomic E-state index is 0.0989. The van der Waals surface area contributed by atoms with Gasteiger partial charge in [-0.25, -0.2) is 0 Å². The summed E-state index contributed by atoms with van der Waals surface area (Å²) in [4.78, 5) is 0. The molecule has 0 aromatic heterocycles. The number of aliphatic hydroxyl groups is 1. The van der Waals surface area contributed by atoms with Crippen LogP contribution in [0, 0.1) is 6.92 Å². The van der Waals surface area contributed by atoms with Crippen LogP contribution in [0.15, 0.2) is 16.6 Å². The Bertz CT molecular complexity index is 323. The Balaban J connectivity index is 3.23. The lowest BCUT2D eigenvalue weighted by atomic mass is 9.99. The molecule has 0 radical (unpaired) electrons. The van der Waals surface area contributed by atoms with Crippen LogP contribution in [0.25, 0.3) is 0 Å². The minimum absolute atomic E-state index is 0.0989. The van der Waals surface area contributed by atoms with Crippen LogP contribution in [0.5, 0.6) is 5.75 Å².